The minimum atomic E-state index is -1.24. The summed E-state index contributed by atoms with van der Waals surface area (Å²) in [6, 6.07) is 14.3. The molecule has 238 valence electrons. The molecule has 0 unspecified atom stereocenters. The number of para-hydroxylation sites is 1. The molecular formula is C35H42N4O6. The summed E-state index contributed by atoms with van der Waals surface area (Å²) in [5, 5.41) is 11.9. The van der Waals surface area contributed by atoms with Gasteiger partial charge in [-0.25, -0.2) is 0 Å². The molecule has 0 spiro atoms. The molecule has 3 aromatic rings. The van der Waals surface area contributed by atoms with E-state index >= 15 is 0 Å². The maximum Gasteiger partial charge on any atom is 0.289 e. The molecule has 2 aliphatic rings. The van der Waals surface area contributed by atoms with Crippen LogP contribution in [0.1, 0.15) is 79.5 Å². The second kappa shape index (κ2) is 15.0. The van der Waals surface area contributed by atoms with Crippen molar-refractivity contribution >= 4 is 40.4 Å². The average molecular weight is 615 g/mol. The molecule has 1 aromatic heterocycles. The van der Waals surface area contributed by atoms with Crippen LogP contribution in [0.25, 0.3) is 11.0 Å². The summed E-state index contributed by atoms with van der Waals surface area (Å²) in [6.07, 6.45) is 6.78. The lowest BCUT2D eigenvalue weighted by molar-refractivity contribution is -0.141. The van der Waals surface area contributed by atoms with Gasteiger partial charge in [0, 0.05) is 30.0 Å². The Morgan fingerprint density at radius 1 is 0.867 bits per heavy atom. The van der Waals surface area contributed by atoms with Crippen LogP contribution in [0, 0.1) is 18.8 Å². The number of nitrogens with one attached hydrogen (secondary N) is 4. The normalized spacial score (nSPS) is 18.4. The number of carbonyl (C=O) groups is 5. The monoisotopic (exact) mass is 614 g/mol. The predicted molar refractivity (Wildman–Crippen MR) is 169 cm³/mol. The maximum absolute atomic E-state index is 13.9. The third-order valence-electron chi connectivity index (χ3n) is 9.04. The fraction of sp³-hybridized carbons (Fsp3) is 0.457. The highest BCUT2D eigenvalue weighted by Gasteiger charge is 2.36. The van der Waals surface area contributed by atoms with E-state index in [2.05, 4.69) is 21.3 Å². The number of carbonyl (C=O) groups excluding carboxylic acids is 5. The van der Waals surface area contributed by atoms with Crippen LogP contribution in [0.5, 0.6) is 0 Å². The molecule has 0 bridgehead atoms. The van der Waals surface area contributed by atoms with Crippen molar-refractivity contribution in [3.63, 3.8) is 0 Å². The van der Waals surface area contributed by atoms with E-state index in [-0.39, 0.29) is 30.6 Å². The van der Waals surface area contributed by atoms with Crippen LogP contribution in [-0.4, -0.2) is 48.0 Å². The second-order valence-corrected chi connectivity index (χ2v) is 12.3. The summed E-state index contributed by atoms with van der Waals surface area (Å²) in [5.74, 6) is -3.13. The van der Waals surface area contributed by atoms with Gasteiger partial charge in [-0.3, -0.25) is 24.0 Å². The highest BCUT2D eigenvalue weighted by Crippen LogP contribution is 2.29. The van der Waals surface area contributed by atoms with Crippen molar-refractivity contribution in [3.05, 3.63) is 71.5 Å². The minimum Gasteiger partial charge on any atom is -0.451 e. The van der Waals surface area contributed by atoms with Gasteiger partial charge in [-0.05, 0) is 50.2 Å². The van der Waals surface area contributed by atoms with Gasteiger partial charge in [0.25, 0.3) is 11.8 Å². The average Bonchev–Trinajstić information content (AvgIpc) is 3.40. The fourth-order valence-corrected chi connectivity index (χ4v) is 6.47. The first-order valence-corrected chi connectivity index (χ1v) is 16.0. The van der Waals surface area contributed by atoms with E-state index in [1.807, 2.05) is 48.5 Å². The molecule has 4 N–H and O–H groups in total. The van der Waals surface area contributed by atoms with Gasteiger partial charge in [-0.1, -0.05) is 80.6 Å². The molecule has 10 heteroatoms. The third kappa shape index (κ3) is 8.17. The molecule has 5 rings (SSSR count). The number of piperidine rings is 1. The molecule has 1 aliphatic carbocycles. The Balaban J connectivity index is 1.35. The zero-order valence-corrected chi connectivity index (χ0v) is 25.7. The van der Waals surface area contributed by atoms with Gasteiger partial charge in [-0.2, -0.15) is 0 Å². The Kier molecular flexibility index (Phi) is 10.7. The third-order valence-corrected chi connectivity index (χ3v) is 9.04. The van der Waals surface area contributed by atoms with Gasteiger partial charge >= 0.3 is 0 Å². The van der Waals surface area contributed by atoms with Gasteiger partial charge < -0.3 is 25.7 Å². The Bertz CT molecular complexity index is 1530. The Labute approximate surface area is 263 Å². The number of furan rings is 1. The van der Waals surface area contributed by atoms with Crippen LogP contribution < -0.4 is 21.3 Å². The van der Waals surface area contributed by atoms with Crippen molar-refractivity contribution in [3.8, 4) is 0 Å². The van der Waals surface area contributed by atoms with E-state index in [0.29, 0.717) is 30.5 Å². The summed E-state index contributed by atoms with van der Waals surface area (Å²) in [7, 11) is 0. The summed E-state index contributed by atoms with van der Waals surface area (Å²) in [6.45, 7) is 2.50. The molecule has 4 amide bonds. The maximum atomic E-state index is 13.9. The van der Waals surface area contributed by atoms with Crippen LogP contribution in [0.15, 0.2) is 59.0 Å². The molecule has 2 aromatic carbocycles. The molecule has 1 saturated heterocycles. The molecule has 10 nitrogen and oxygen atoms in total. The minimum absolute atomic E-state index is 0.0120. The SMILES string of the molecule is Cc1c(C(=O)N[C@@H](CC2CCCCC2)C(=O)N[C@@H](C[C@@H]2CCCNC2=O)C(=O)C(=O)NCc2ccccc2)oc2ccccc12. The van der Waals surface area contributed by atoms with E-state index in [4.69, 9.17) is 4.42 Å². The van der Waals surface area contributed by atoms with E-state index in [9.17, 15) is 24.0 Å². The van der Waals surface area contributed by atoms with Gasteiger partial charge in [0.05, 0.1) is 6.04 Å². The molecule has 45 heavy (non-hydrogen) atoms. The summed E-state index contributed by atoms with van der Waals surface area (Å²) in [4.78, 5) is 66.7. The number of Topliss-reactive ketones (excluding diaryl/α,β-unsaturated/α-hetero) is 1. The Hall–Kier alpha value is -4.47. The van der Waals surface area contributed by atoms with Gasteiger partial charge in [0.15, 0.2) is 5.76 Å². The number of amides is 4. The van der Waals surface area contributed by atoms with Crippen LogP contribution in [0.4, 0.5) is 0 Å². The Morgan fingerprint density at radius 2 is 1.60 bits per heavy atom. The first-order chi connectivity index (χ1) is 21.8. The number of ketones is 1. The molecule has 1 aliphatic heterocycles. The molecule has 1 saturated carbocycles. The van der Waals surface area contributed by atoms with Crippen molar-refractivity contribution in [2.24, 2.45) is 11.8 Å². The summed E-state index contributed by atoms with van der Waals surface area (Å²) < 4.78 is 5.86. The number of aryl methyl sites for hydroxylation is 1. The Morgan fingerprint density at radius 3 is 2.33 bits per heavy atom. The molecule has 2 heterocycles. The molecule has 2 fully saturated rings. The summed E-state index contributed by atoms with van der Waals surface area (Å²) >= 11 is 0. The fourth-order valence-electron chi connectivity index (χ4n) is 6.47. The molecule has 3 atom stereocenters. The summed E-state index contributed by atoms with van der Waals surface area (Å²) in [5.41, 5.74) is 2.07. The highest BCUT2D eigenvalue weighted by atomic mass is 16.3. The van der Waals surface area contributed by atoms with Crippen molar-refractivity contribution in [1.29, 1.82) is 0 Å². The van der Waals surface area contributed by atoms with Crippen LogP contribution in [-0.2, 0) is 25.7 Å². The quantitative estimate of drug-likeness (QED) is 0.226. The lowest BCUT2D eigenvalue weighted by Gasteiger charge is -2.29. The molecular weight excluding hydrogens is 572 g/mol. The number of rotatable bonds is 12. The second-order valence-electron chi connectivity index (χ2n) is 12.3. The van der Waals surface area contributed by atoms with Crippen molar-refractivity contribution in [2.75, 3.05) is 6.54 Å². The van der Waals surface area contributed by atoms with E-state index in [1.165, 1.54) is 0 Å². The van der Waals surface area contributed by atoms with Crippen molar-refractivity contribution < 1.29 is 28.4 Å². The van der Waals surface area contributed by atoms with Crippen LogP contribution >= 0.6 is 0 Å². The van der Waals surface area contributed by atoms with Gasteiger partial charge in [-0.15, -0.1) is 0 Å². The van der Waals surface area contributed by atoms with Gasteiger partial charge in [0.1, 0.15) is 11.6 Å². The van der Waals surface area contributed by atoms with E-state index in [1.54, 1.807) is 13.0 Å². The number of fused-ring (bicyclic) bond motifs is 1. The lowest BCUT2D eigenvalue weighted by atomic mass is 9.84. The van der Waals surface area contributed by atoms with E-state index in [0.717, 1.165) is 49.5 Å². The van der Waals surface area contributed by atoms with Crippen LogP contribution in [0.2, 0.25) is 0 Å². The standard InChI is InChI=1S/C35H42N4O6/c1-22-26-16-8-9-17-29(26)45-31(22)35(44)39-28(19-23-11-4-2-5-12-23)33(42)38-27(20-25-15-10-18-36-32(25)41)30(40)34(43)37-21-24-13-6-3-7-14-24/h3,6-9,13-14,16-17,23,25,27-28H,2,4-5,10-12,15,18-21H2,1H3,(H,36,41)(H,37,43)(H,38,42)(H,39,44)/t25-,27-,28-/m0/s1. The topological polar surface area (TPSA) is 147 Å². The van der Waals surface area contributed by atoms with Crippen molar-refractivity contribution in [1.82, 2.24) is 21.3 Å². The number of hydrogen-bond acceptors (Lipinski definition) is 6. The van der Waals surface area contributed by atoms with E-state index < -0.39 is 41.5 Å². The molecule has 0 radical (unpaired) electrons. The first kappa shape index (κ1) is 31.9. The predicted octanol–water partition coefficient (Wildman–Crippen LogP) is 4.10. The largest absolute Gasteiger partial charge is 0.451 e. The lowest BCUT2D eigenvalue weighted by Crippen LogP contribution is -2.55. The number of hydrogen-bond donors (Lipinski definition) is 4. The zero-order chi connectivity index (χ0) is 31.8. The van der Waals surface area contributed by atoms with Crippen LogP contribution in [0.3, 0.4) is 0 Å². The highest BCUT2D eigenvalue weighted by molar-refractivity contribution is 6.38. The van der Waals surface area contributed by atoms with Crippen molar-refractivity contribution in [2.45, 2.75) is 83.3 Å². The first-order valence-electron chi connectivity index (χ1n) is 16.0. The smallest absolute Gasteiger partial charge is 0.289 e. The van der Waals surface area contributed by atoms with Gasteiger partial charge in [0.2, 0.25) is 17.6 Å². The zero-order valence-electron chi connectivity index (χ0n) is 25.7. The number of benzene rings is 2.